The molecule has 0 amide bonds. The number of carbonyl (C=O) groups excluding carboxylic acids is 1. The molecule has 1 nitrogen and oxygen atoms in total. The van der Waals surface area contributed by atoms with E-state index in [4.69, 9.17) is 0 Å². The molecule has 0 atom stereocenters. The molecule has 0 heterocycles. The predicted octanol–water partition coefficient (Wildman–Crippen LogP) is 6.24. The summed E-state index contributed by atoms with van der Waals surface area (Å²) in [7, 11) is 0. The molecule has 0 radical (unpaired) electrons. The van der Waals surface area contributed by atoms with Crippen LogP contribution in [-0.4, -0.2) is 5.78 Å². The van der Waals surface area contributed by atoms with E-state index in [1.807, 2.05) is 18.2 Å². The molecule has 4 bridgehead atoms. The molecule has 0 spiro atoms. The van der Waals surface area contributed by atoms with Gasteiger partial charge in [-0.3, -0.25) is 4.79 Å². The minimum Gasteiger partial charge on any atom is -0.289 e. The van der Waals surface area contributed by atoms with Gasteiger partial charge in [0.2, 0.25) is 0 Å². The first kappa shape index (κ1) is 16.7. The summed E-state index contributed by atoms with van der Waals surface area (Å²) in [5.41, 5.74) is 10.7. The summed E-state index contributed by atoms with van der Waals surface area (Å²) < 4.78 is 0. The number of hydrogen-bond donors (Lipinski definition) is 0. The zero-order valence-corrected chi connectivity index (χ0v) is 16.6. The van der Waals surface area contributed by atoms with Crippen LogP contribution < -0.4 is 0 Å². The zero-order chi connectivity index (χ0) is 19.5. The Bertz CT molecular complexity index is 1310. The van der Waals surface area contributed by atoms with E-state index in [1.165, 1.54) is 38.6 Å². The molecule has 0 saturated carbocycles. The Morgan fingerprint density at radius 2 is 1.31 bits per heavy atom. The number of rotatable bonds is 0. The monoisotopic (exact) mass is 374 g/mol. The van der Waals surface area contributed by atoms with Crippen molar-refractivity contribution in [2.45, 2.75) is 32.6 Å². The maximum absolute atomic E-state index is 13.4. The van der Waals surface area contributed by atoms with Crippen LogP contribution in [0.4, 0.5) is 0 Å². The van der Waals surface area contributed by atoms with Gasteiger partial charge in [-0.25, -0.2) is 0 Å². The number of hydrogen-bond acceptors (Lipinski definition) is 1. The molecule has 7 rings (SSSR count). The molecule has 0 saturated heterocycles. The summed E-state index contributed by atoms with van der Waals surface area (Å²) in [4.78, 5) is 13.4. The van der Waals surface area contributed by atoms with Gasteiger partial charge in [-0.15, -0.1) is 0 Å². The van der Waals surface area contributed by atoms with E-state index in [0.29, 0.717) is 0 Å². The van der Waals surface area contributed by atoms with Crippen molar-refractivity contribution in [2.75, 3.05) is 0 Å². The van der Waals surface area contributed by atoms with Gasteiger partial charge in [-0.2, -0.15) is 0 Å². The molecule has 29 heavy (non-hydrogen) atoms. The van der Waals surface area contributed by atoms with Crippen LogP contribution in [0.5, 0.6) is 0 Å². The Hall–Kier alpha value is -3.19. The molecule has 0 aromatic heterocycles. The second-order valence-electron chi connectivity index (χ2n) is 8.48. The standard InChI is InChI=1S/C28H22O/c1-17-14-25-22-4-2-3-5-23(22)28(29)27(25)26-21-13-12-19-8-6-18(7-9-19)10-11-20(15-21)16-24(17)26/h2-9,14-16H,10-13H2,1H3. The fourth-order valence-corrected chi connectivity index (χ4v) is 5.16. The van der Waals surface area contributed by atoms with Gasteiger partial charge in [-0.1, -0.05) is 66.7 Å². The van der Waals surface area contributed by atoms with Crippen LogP contribution in [-0.2, 0) is 25.7 Å². The largest absolute Gasteiger partial charge is 0.289 e. The topological polar surface area (TPSA) is 17.1 Å². The van der Waals surface area contributed by atoms with Gasteiger partial charge in [0.1, 0.15) is 0 Å². The number of carbonyl (C=O) groups is 1. The van der Waals surface area contributed by atoms with Crippen molar-refractivity contribution in [3.8, 4) is 11.1 Å². The molecular formula is C28H22O. The molecule has 1 heteroatoms. The van der Waals surface area contributed by atoms with Gasteiger partial charge < -0.3 is 0 Å². The van der Waals surface area contributed by atoms with Gasteiger partial charge in [-0.05, 0) is 82.3 Å². The van der Waals surface area contributed by atoms with Crippen LogP contribution in [0.2, 0.25) is 0 Å². The fraction of sp³-hybridized carbons (Fsp3) is 0.179. The highest BCUT2D eigenvalue weighted by Gasteiger charge is 2.30. The molecule has 0 unspecified atom stereocenters. The molecule has 0 N–H and O–H groups in total. The summed E-state index contributed by atoms with van der Waals surface area (Å²) in [5, 5.41) is 2.43. The highest BCUT2D eigenvalue weighted by Crippen LogP contribution is 2.43. The predicted molar refractivity (Wildman–Crippen MR) is 119 cm³/mol. The average molecular weight is 374 g/mol. The summed E-state index contributed by atoms with van der Waals surface area (Å²) in [6.45, 7) is 2.19. The minimum atomic E-state index is 0.183. The summed E-state index contributed by atoms with van der Waals surface area (Å²) >= 11 is 0. The molecule has 0 fully saturated rings. The first-order chi connectivity index (χ1) is 14.2. The molecule has 4 aromatic rings. The maximum atomic E-state index is 13.4. The second kappa shape index (κ2) is 6.15. The van der Waals surface area contributed by atoms with Gasteiger partial charge >= 0.3 is 0 Å². The summed E-state index contributed by atoms with van der Waals surface area (Å²) in [6, 6.07) is 24.0. The lowest BCUT2D eigenvalue weighted by Crippen LogP contribution is -2.02. The smallest absolute Gasteiger partial charge is 0.194 e. The van der Waals surface area contributed by atoms with Crippen molar-refractivity contribution >= 4 is 16.6 Å². The molecule has 0 aliphatic heterocycles. The third-order valence-corrected chi connectivity index (χ3v) is 6.68. The Kier molecular flexibility index (Phi) is 3.55. The Morgan fingerprint density at radius 1 is 0.655 bits per heavy atom. The van der Waals surface area contributed by atoms with Crippen molar-refractivity contribution in [3.63, 3.8) is 0 Å². The van der Waals surface area contributed by atoms with Gasteiger partial charge in [0, 0.05) is 11.1 Å². The highest BCUT2D eigenvalue weighted by atomic mass is 16.1. The maximum Gasteiger partial charge on any atom is 0.194 e. The van der Waals surface area contributed by atoms with Gasteiger partial charge in [0.05, 0.1) is 0 Å². The third kappa shape index (κ3) is 2.50. The van der Waals surface area contributed by atoms with Crippen molar-refractivity contribution in [3.05, 3.63) is 106 Å². The first-order valence-electron chi connectivity index (χ1n) is 10.5. The zero-order valence-electron chi connectivity index (χ0n) is 16.6. The normalized spacial score (nSPS) is 14.6. The van der Waals surface area contributed by atoms with E-state index in [9.17, 15) is 4.79 Å². The highest BCUT2D eigenvalue weighted by molar-refractivity contribution is 6.28. The van der Waals surface area contributed by atoms with E-state index in [1.54, 1.807) is 0 Å². The summed E-state index contributed by atoms with van der Waals surface area (Å²) in [6.07, 6.45) is 4.05. The van der Waals surface area contributed by atoms with E-state index >= 15 is 0 Å². The van der Waals surface area contributed by atoms with Crippen LogP contribution in [0.1, 0.15) is 43.7 Å². The van der Waals surface area contributed by atoms with Crippen LogP contribution >= 0.6 is 0 Å². The molecule has 3 aliphatic rings. The Morgan fingerprint density at radius 3 is 2.07 bits per heavy atom. The van der Waals surface area contributed by atoms with Crippen molar-refractivity contribution < 1.29 is 4.79 Å². The van der Waals surface area contributed by atoms with E-state index in [-0.39, 0.29) is 5.78 Å². The molecule has 3 aliphatic carbocycles. The van der Waals surface area contributed by atoms with Crippen molar-refractivity contribution in [2.24, 2.45) is 0 Å². The SMILES string of the molecule is Cc1cc2c(c3c4cc(cc13)CCc1ccc(cc1)CC4)C(=O)c1ccccc1-2. The van der Waals surface area contributed by atoms with Crippen LogP contribution in [0, 0.1) is 6.92 Å². The van der Waals surface area contributed by atoms with Crippen LogP contribution in [0.15, 0.2) is 66.7 Å². The lowest BCUT2D eigenvalue weighted by molar-refractivity contribution is 0.104. The Labute approximate surface area is 171 Å². The quantitative estimate of drug-likeness (QED) is 0.313. The first-order valence-corrected chi connectivity index (χ1v) is 10.5. The lowest BCUT2D eigenvalue weighted by atomic mass is 9.88. The molecule has 4 aromatic carbocycles. The van der Waals surface area contributed by atoms with E-state index in [2.05, 4.69) is 55.5 Å². The number of ketones is 1. The van der Waals surface area contributed by atoms with Crippen LogP contribution in [0.3, 0.4) is 0 Å². The fourth-order valence-electron chi connectivity index (χ4n) is 5.16. The molecule has 140 valence electrons. The van der Waals surface area contributed by atoms with Crippen LogP contribution in [0.25, 0.3) is 21.9 Å². The summed E-state index contributed by atoms with van der Waals surface area (Å²) in [5.74, 6) is 0.183. The number of aryl methyl sites for hydroxylation is 5. The second-order valence-corrected chi connectivity index (χ2v) is 8.48. The number of fused-ring (bicyclic) bond motifs is 9. The third-order valence-electron chi connectivity index (χ3n) is 6.68. The van der Waals surface area contributed by atoms with Crippen molar-refractivity contribution in [1.82, 2.24) is 0 Å². The lowest BCUT2D eigenvalue weighted by Gasteiger charge is -2.16. The minimum absolute atomic E-state index is 0.183. The molecular weight excluding hydrogens is 352 g/mol. The Balaban J connectivity index is 1.64. The average Bonchev–Trinajstić information content (AvgIpc) is 3.00. The van der Waals surface area contributed by atoms with Crippen molar-refractivity contribution in [1.29, 1.82) is 0 Å². The van der Waals surface area contributed by atoms with Gasteiger partial charge in [0.25, 0.3) is 0 Å². The van der Waals surface area contributed by atoms with E-state index < -0.39 is 0 Å². The van der Waals surface area contributed by atoms with E-state index in [0.717, 1.165) is 47.9 Å². The van der Waals surface area contributed by atoms with Gasteiger partial charge in [0.15, 0.2) is 5.78 Å². The number of benzene rings is 4.